The Morgan fingerprint density at radius 1 is 1.33 bits per heavy atom. The standard InChI is InChI=1S/C14H15BrN2O/c1-2-17(10-8-15)14(18)12-7-3-5-11-6-4-9-16-13(11)12/h3-7,9H,2,8,10H2,1H3. The highest BCUT2D eigenvalue weighted by Gasteiger charge is 2.16. The van der Waals surface area contributed by atoms with Crippen LogP contribution in [0.3, 0.4) is 0 Å². The van der Waals surface area contributed by atoms with Gasteiger partial charge in [0.1, 0.15) is 0 Å². The number of carbonyl (C=O) groups is 1. The molecule has 94 valence electrons. The van der Waals surface area contributed by atoms with Crippen LogP contribution in [0.2, 0.25) is 0 Å². The minimum atomic E-state index is 0.0428. The lowest BCUT2D eigenvalue weighted by molar-refractivity contribution is 0.0776. The maximum absolute atomic E-state index is 12.4. The third kappa shape index (κ3) is 2.53. The van der Waals surface area contributed by atoms with Crippen LogP contribution >= 0.6 is 15.9 Å². The van der Waals surface area contributed by atoms with Gasteiger partial charge in [0, 0.05) is 30.0 Å². The second-order valence-corrected chi connectivity index (χ2v) is 4.75. The van der Waals surface area contributed by atoms with Gasteiger partial charge in [0.25, 0.3) is 5.91 Å². The Kier molecular flexibility index (Phi) is 4.31. The van der Waals surface area contributed by atoms with E-state index in [0.29, 0.717) is 18.7 Å². The number of hydrogen-bond donors (Lipinski definition) is 0. The van der Waals surface area contributed by atoms with Crippen LogP contribution in [-0.4, -0.2) is 34.2 Å². The fourth-order valence-corrected chi connectivity index (χ4v) is 2.38. The van der Waals surface area contributed by atoms with E-state index in [2.05, 4.69) is 20.9 Å². The number of benzene rings is 1. The van der Waals surface area contributed by atoms with E-state index in [4.69, 9.17) is 0 Å². The first-order valence-corrected chi connectivity index (χ1v) is 7.09. The number of pyridine rings is 1. The van der Waals surface area contributed by atoms with Crippen molar-refractivity contribution in [3.63, 3.8) is 0 Å². The van der Waals surface area contributed by atoms with E-state index in [1.165, 1.54) is 0 Å². The Balaban J connectivity index is 2.44. The van der Waals surface area contributed by atoms with Gasteiger partial charge in [0.2, 0.25) is 0 Å². The number of alkyl halides is 1. The lowest BCUT2D eigenvalue weighted by Crippen LogP contribution is -2.32. The molecule has 18 heavy (non-hydrogen) atoms. The molecule has 0 spiro atoms. The van der Waals surface area contributed by atoms with Crippen molar-refractivity contribution >= 4 is 32.7 Å². The van der Waals surface area contributed by atoms with Gasteiger partial charge in [0.15, 0.2) is 0 Å². The van der Waals surface area contributed by atoms with Gasteiger partial charge in [-0.25, -0.2) is 0 Å². The SMILES string of the molecule is CCN(CCBr)C(=O)c1cccc2cccnc12. The van der Waals surface area contributed by atoms with Gasteiger partial charge in [0.05, 0.1) is 11.1 Å². The molecule has 0 saturated heterocycles. The van der Waals surface area contributed by atoms with Gasteiger partial charge in [-0.15, -0.1) is 0 Å². The summed E-state index contributed by atoms with van der Waals surface area (Å²) in [5, 5.41) is 1.78. The van der Waals surface area contributed by atoms with Gasteiger partial charge in [-0.3, -0.25) is 9.78 Å². The summed E-state index contributed by atoms with van der Waals surface area (Å²) < 4.78 is 0. The van der Waals surface area contributed by atoms with Crippen molar-refractivity contribution in [1.82, 2.24) is 9.88 Å². The summed E-state index contributed by atoms with van der Waals surface area (Å²) in [4.78, 5) is 18.6. The zero-order chi connectivity index (χ0) is 13.0. The maximum Gasteiger partial charge on any atom is 0.256 e. The van der Waals surface area contributed by atoms with Crippen LogP contribution in [0, 0.1) is 0 Å². The fourth-order valence-electron chi connectivity index (χ4n) is 1.95. The average Bonchev–Trinajstić information content (AvgIpc) is 2.43. The lowest BCUT2D eigenvalue weighted by Gasteiger charge is -2.20. The molecule has 2 rings (SSSR count). The van der Waals surface area contributed by atoms with Crippen molar-refractivity contribution in [2.24, 2.45) is 0 Å². The van der Waals surface area contributed by atoms with Gasteiger partial charge in [-0.05, 0) is 19.1 Å². The van der Waals surface area contributed by atoms with Crippen LogP contribution in [0.4, 0.5) is 0 Å². The molecule has 0 N–H and O–H groups in total. The van der Waals surface area contributed by atoms with Crippen molar-refractivity contribution in [2.45, 2.75) is 6.92 Å². The quantitative estimate of drug-likeness (QED) is 0.813. The predicted octanol–water partition coefficient (Wildman–Crippen LogP) is 3.09. The number of amides is 1. The van der Waals surface area contributed by atoms with Gasteiger partial charge in [-0.2, -0.15) is 0 Å². The number of aromatic nitrogens is 1. The Hall–Kier alpha value is -1.42. The first-order valence-electron chi connectivity index (χ1n) is 5.97. The van der Waals surface area contributed by atoms with E-state index in [1.54, 1.807) is 6.20 Å². The molecule has 1 amide bonds. The summed E-state index contributed by atoms with van der Waals surface area (Å²) in [6.45, 7) is 3.39. The van der Waals surface area contributed by atoms with Crippen molar-refractivity contribution in [3.8, 4) is 0 Å². The normalized spacial score (nSPS) is 10.6. The second-order valence-electron chi connectivity index (χ2n) is 3.95. The minimum Gasteiger partial charge on any atom is -0.338 e. The monoisotopic (exact) mass is 306 g/mol. The maximum atomic E-state index is 12.4. The molecule has 0 atom stereocenters. The van der Waals surface area contributed by atoms with E-state index < -0.39 is 0 Å². The predicted molar refractivity (Wildman–Crippen MR) is 77.1 cm³/mol. The molecule has 0 radical (unpaired) electrons. The van der Waals surface area contributed by atoms with E-state index in [0.717, 1.165) is 16.2 Å². The van der Waals surface area contributed by atoms with Crippen molar-refractivity contribution in [1.29, 1.82) is 0 Å². The molecule has 1 heterocycles. The highest BCUT2D eigenvalue weighted by molar-refractivity contribution is 9.09. The third-order valence-corrected chi connectivity index (χ3v) is 3.24. The zero-order valence-electron chi connectivity index (χ0n) is 10.3. The highest BCUT2D eigenvalue weighted by atomic mass is 79.9. The van der Waals surface area contributed by atoms with Gasteiger partial charge >= 0.3 is 0 Å². The van der Waals surface area contributed by atoms with Crippen LogP contribution < -0.4 is 0 Å². The zero-order valence-corrected chi connectivity index (χ0v) is 11.9. The van der Waals surface area contributed by atoms with Crippen molar-refractivity contribution in [2.75, 3.05) is 18.4 Å². The minimum absolute atomic E-state index is 0.0428. The fraction of sp³-hybridized carbons (Fsp3) is 0.286. The number of halogens is 1. The molecule has 0 unspecified atom stereocenters. The molecule has 2 aromatic rings. The number of fused-ring (bicyclic) bond motifs is 1. The number of hydrogen-bond acceptors (Lipinski definition) is 2. The molecule has 3 nitrogen and oxygen atoms in total. The topological polar surface area (TPSA) is 33.2 Å². The number of nitrogens with zero attached hydrogens (tertiary/aromatic N) is 2. The number of para-hydroxylation sites is 1. The summed E-state index contributed by atoms with van der Waals surface area (Å²) in [6, 6.07) is 9.57. The highest BCUT2D eigenvalue weighted by Crippen LogP contribution is 2.17. The first-order chi connectivity index (χ1) is 8.77. The van der Waals surface area contributed by atoms with Crippen molar-refractivity contribution in [3.05, 3.63) is 42.1 Å². The lowest BCUT2D eigenvalue weighted by atomic mass is 10.1. The molecule has 0 aliphatic heterocycles. The smallest absolute Gasteiger partial charge is 0.256 e. The molecule has 0 bridgehead atoms. The molecule has 0 aliphatic rings. The second kappa shape index (κ2) is 5.96. The first kappa shape index (κ1) is 13.0. The summed E-state index contributed by atoms with van der Waals surface area (Å²) in [6.07, 6.45) is 1.72. The summed E-state index contributed by atoms with van der Waals surface area (Å²) in [7, 11) is 0. The molecule has 4 heteroatoms. The van der Waals surface area contributed by atoms with E-state index in [9.17, 15) is 4.79 Å². The Labute approximate surface area is 115 Å². The molecule has 0 saturated carbocycles. The molecule has 1 aromatic heterocycles. The molecule has 0 fully saturated rings. The third-order valence-electron chi connectivity index (χ3n) is 2.89. The Morgan fingerprint density at radius 3 is 2.83 bits per heavy atom. The van der Waals surface area contributed by atoms with Crippen LogP contribution in [0.15, 0.2) is 36.5 Å². The van der Waals surface area contributed by atoms with Gasteiger partial charge in [-0.1, -0.05) is 34.1 Å². The van der Waals surface area contributed by atoms with E-state index in [-0.39, 0.29) is 5.91 Å². The van der Waals surface area contributed by atoms with Crippen LogP contribution in [0.5, 0.6) is 0 Å². The van der Waals surface area contributed by atoms with Gasteiger partial charge < -0.3 is 4.90 Å². The Bertz CT molecular complexity index is 551. The number of carbonyl (C=O) groups excluding carboxylic acids is 1. The average molecular weight is 307 g/mol. The van der Waals surface area contributed by atoms with Crippen LogP contribution in [-0.2, 0) is 0 Å². The summed E-state index contributed by atoms with van der Waals surface area (Å²) >= 11 is 3.37. The van der Waals surface area contributed by atoms with Crippen molar-refractivity contribution < 1.29 is 4.79 Å². The molecular weight excluding hydrogens is 292 g/mol. The van der Waals surface area contributed by atoms with E-state index in [1.807, 2.05) is 42.2 Å². The molecule has 0 aliphatic carbocycles. The summed E-state index contributed by atoms with van der Waals surface area (Å²) in [5.41, 5.74) is 1.45. The largest absolute Gasteiger partial charge is 0.338 e. The Morgan fingerprint density at radius 2 is 2.11 bits per heavy atom. The molecule has 1 aromatic carbocycles. The summed E-state index contributed by atoms with van der Waals surface area (Å²) in [5.74, 6) is 0.0428. The molecular formula is C14H15BrN2O. The number of rotatable bonds is 4. The van der Waals surface area contributed by atoms with Crippen LogP contribution in [0.25, 0.3) is 10.9 Å². The van der Waals surface area contributed by atoms with Crippen LogP contribution in [0.1, 0.15) is 17.3 Å². The van der Waals surface area contributed by atoms with E-state index >= 15 is 0 Å².